The van der Waals surface area contributed by atoms with E-state index in [1.165, 1.54) is 19.1 Å². The van der Waals surface area contributed by atoms with E-state index < -0.39 is 16.1 Å². The minimum Gasteiger partial charge on any atom is -0.506 e. The van der Waals surface area contributed by atoms with Crippen LogP contribution in [-0.2, 0) is 21.4 Å². The maximum Gasteiger partial charge on any atom is 0.330 e. The first-order valence-electron chi connectivity index (χ1n) is 7.88. The number of ketones is 1. The molecule has 0 spiro atoms. The molecule has 0 aliphatic carbocycles. The van der Waals surface area contributed by atoms with Crippen LogP contribution in [0.15, 0.2) is 60.6 Å². The van der Waals surface area contributed by atoms with Crippen molar-refractivity contribution in [3.05, 3.63) is 71.7 Å². The molecule has 2 aromatic rings. The number of hydrogen-bond donors (Lipinski definition) is 3. The maximum absolute atomic E-state index is 12.0. The van der Waals surface area contributed by atoms with E-state index in [1.807, 2.05) is 35.1 Å². The Kier molecular flexibility index (Phi) is 4.60. The summed E-state index contributed by atoms with van der Waals surface area (Å²) in [5.41, 5.74) is 1.57. The van der Waals surface area contributed by atoms with Crippen molar-refractivity contribution in [2.75, 3.05) is 4.31 Å². The third-order valence-corrected chi connectivity index (χ3v) is 5.43. The smallest absolute Gasteiger partial charge is 0.330 e. The van der Waals surface area contributed by atoms with E-state index in [-0.39, 0.29) is 23.1 Å². The van der Waals surface area contributed by atoms with Crippen molar-refractivity contribution in [1.82, 2.24) is 4.72 Å². The molecule has 0 saturated carbocycles. The van der Waals surface area contributed by atoms with Crippen LogP contribution in [0.1, 0.15) is 24.0 Å². The number of carbonyl (C=O) groups is 1. The zero-order valence-electron chi connectivity index (χ0n) is 14.0. The fourth-order valence-corrected chi connectivity index (χ4v) is 3.95. The molecule has 1 aliphatic rings. The lowest BCUT2D eigenvalue weighted by Gasteiger charge is -2.18. The van der Waals surface area contributed by atoms with E-state index >= 15 is 0 Å². The molecule has 2 aromatic carbocycles. The number of rotatable bonds is 5. The van der Waals surface area contributed by atoms with E-state index in [4.69, 9.17) is 0 Å². The molecule has 1 atom stereocenters. The number of aliphatic hydroxyl groups excluding tert-OH is 1. The summed E-state index contributed by atoms with van der Waals surface area (Å²) in [6, 6.07) is 13.8. The standard InChI is InChI=1S/C18H18N2O5S/c1-12(21)15(14-5-3-2-4-6-14)9-13-7-8-16(17(22)10-13)20-11-18(23)19-26(20,24)25/h2-8,10-11,15,19,22-23H,9H2,1H3. The number of anilines is 1. The summed E-state index contributed by atoms with van der Waals surface area (Å²) in [6.45, 7) is 1.52. The molecule has 0 radical (unpaired) electrons. The highest BCUT2D eigenvalue weighted by Crippen LogP contribution is 2.34. The second-order valence-corrected chi connectivity index (χ2v) is 7.57. The molecule has 0 aromatic heterocycles. The molecule has 0 amide bonds. The fourth-order valence-electron chi connectivity index (χ4n) is 2.89. The van der Waals surface area contributed by atoms with Crippen molar-refractivity contribution in [3.8, 4) is 5.75 Å². The number of hydrogen-bond acceptors (Lipinski definition) is 5. The van der Waals surface area contributed by atoms with E-state index in [0.717, 1.165) is 16.1 Å². The third kappa shape index (κ3) is 3.50. The number of phenols is 1. The first-order chi connectivity index (χ1) is 12.3. The number of benzene rings is 2. The van der Waals surface area contributed by atoms with Crippen LogP contribution >= 0.6 is 0 Å². The van der Waals surface area contributed by atoms with E-state index in [2.05, 4.69) is 0 Å². The molecule has 136 valence electrons. The van der Waals surface area contributed by atoms with Gasteiger partial charge in [-0.05, 0) is 36.6 Å². The summed E-state index contributed by atoms with van der Waals surface area (Å²) in [5.74, 6) is -1.16. The van der Waals surface area contributed by atoms with Crippen LogP contribution in [0, 0.1) is 0 Å². The van der Waals surface area contributed by atoms with Gasteiger partial charge in [0, 0.05) is 5.92 Å². The summed E-state index contributed by atoms with van der Waals surface area (Å²) in [6.07, 6.45) is 1.34. The highest BCUT2D eigenvalue weighted by molar-refractivity contribution is 7.91. The van der Waals surface area contributed by atoms with E-state index in [9.17, 15) is 23.4 Å². The minimum absolute atomic E-state index is 0.000979. The van der Waals surface area contributed by atoms with Gasteiger partial charge in [-0.1, -0.05) is 36.4 Å². The lowest BCUT2D eigenvalue weighted by atomic mass is 9.89. The molecule has 0 bridgehead atoms. The molecule has 1 heterocycles. The topological polar surface area (TPSA) is 107 Å². The van der Waals surface area contributed by atoms with Gasteiger partial charge in [0.25, 0.3) is 0 Å². The lowest BCUT2D eigenvalue weighted by molar-refractivity contribution is -0.118. The predicted octanol–water partition coefficient (Wildman–Crippen LogP) is 2.32. The Labute approximate surface area is 151 Å². The SMILES string of the molecule is CC(=O)C(Cc1ccc(N2C=C(O)NS2(=O)=O)c(O)c1)c1ccccc1. The van der Waals surface area contributed by atoms with Gasteiger partial charge in [0.2, 0.25) is 5.88 Å². The van der Waals surface area contributed by atoms with Gasteiger partial charge in [-0.3, -0.25) is 4.79 Å². The van der Waals surface area contributed by atoms with Crippen molar-refractivity contribution in [1.29, 1.82) is 0 Å². The van der Waals surface area contributed by atoms with Crippen molar-refractivity contribution in [2.45, 2.75) is 19.3 Å². The van der Waals surface area contributed by atoms with Crippen LogP contribution < -0.4 is 9.03 Å². The Hall–Kier alpha value is -3.00. The van der Waals surface area contributed by atoms with Crippen molar-refractivity contribution >= 4 is 21.7 Å². The fraction of sp³-hybridized carbons (Fsp3) is 0.167. The van der Waals surface area contributed by atoms with Gasteiger partial charge < -0.3 is 10.2 Å². The van der Waals surface area contributed by atoms with Crippen LogP contribution in [0.5, 0.6) is 5.75 Å². The largest absolute Gasteiger partial charge is 0.506 e. The molecule has 1 unspecified atom stereocenters. The maximum atomic E-state index is 12.0. The van der Waals surface area contributed by atoms with Gasteiger partial charge in [-0.25, -0.2) is 9.03 Å². The van der Waals surface area contributed by atoms with Gasteiger partial charge in [-0.2, -0.15) is 8.42 Å². The molecule has 7 nitrogen and oxygen atoms in total. The van der Waals surface area contributed by atoms with Gasteiger partial charge in [-0.15, -0.1) is 0 Å². The first-order valence-corrected chi connectivity index (χ1v) is 9.32. The molecular weight excluding hydrogens is 356 g/mol. The van der Waals surface area contributed by atoms with Crippen molar-refractivity contribution in [2.24, 2.45) is 0 Å². The Bertz CT molecular complexity index is 970. The van der Waals surface area contributed by atoms with Crippen LogP contribution in [0.25, 0.3) is 0 Å². The van der Waals surface area contributed by atoms with Crippen LogP contribution in [0.3, 0.4) is 0 Å². The van der Waals surface area contributed by atoms with E-state index in [1.54, 1.807) is 6.07 Å². The van der Waals surface area contributed by atoms with Gasteiger partial charge in [0.1, 0.15) is 17.2 Å². The number of carbonyl (C=O) groups excluding carboxylic acids is 1. The number of aromatic hydroxyl groups is 1. The monoisotopic (exact) mass is 374 g/mol. The number of aliphatic hydroxyl groups is 1. The molecule has 8 heteroatoms. The van der Waals surface area contributed by atoms with Crippen LogP contribution in [-0.4, -0.2) is 24.4 Å². The quantitative estimate of drug-likeness (QED) is 0.745. The molecular formula is C18H18N2O5S. The molecule has 0 saturated heterocycles. The summed E-state index contributed by atoms with van der Waals surface area (Å²) in [4.78, 5) is 12.0. The van der Waals surface area contributed by atoms with Gasteiger partial charge in [0.05, 0.1) is 6.20 Å². The Balaban J connectivity index is 1.89. The number of Topliss-reactive ketones (excluding diaryl/α,β-unsaturated/α-hetero) is 1. The minimum atomic E-state index is -3.98. The van der Waals surface area contributed by atoms with E-state index in [0.29, 0.717) is 12.0 Å². The second-order valence-electron chi connectivity index (χ2n) is 6.02. The van der Waals surface area contributed by atoms with Crippen LogP contribution in [0.2, 0.25) is 0 Å². The Morgan fingerprint density at radius 3 is 2.38 bits per heavy atom. The number of nitrogens with one attached hydrogen (secondary N) is 1. The molecule has 26 heavy (non-hydrogen) atoms. The Morgan fingerprint density at radius 2 is 1.85 bits per heavy atom. The highest BCUT2D eigenvalue weighted by Gasteiger charge is 2.30. The first kappa shape index (κ1) is 17.8. The average molecular weight is 374 g/mol. The summed E-state index contributed by atoms with van der Waals surface area (Å²) in [5, 5.41) is 19.6. The van der Waals surface area contributed by atoms with Gasteiger partial charge in [0.15, 0.2) is 0 Å². The summed E-state index contributed by atoms with van der Waals surface area (Å²) >= 11 is 0. The van der Waals surface area contributed by atoms with Crippen LogP contribution in [0.4, 0.5) is 5.69 Å². The zero-order valence-corrected chi connectivity index (χ0v) is 14.8. The molecule has 0 fully saturated rings. The second kappa shape index (κ2) is 6.72. The lowest BCUT2D eigenvalue weighted by Crippen LogP contribution is -2.29. The molecule has 1 aliphatic heterocycles. The zero-order chi connectivity index (χ0) is 18.9. The third-order valence-electron chi connectivity index (χ3n) is 4.14. The summed E-state index contributed by atoms with van der Waals surface area (Å²) < 4.78 is 26.5. The predicted molar refractivity (Wildman–Crippen MR) is 96.9 cm³/mol. The van der Waals surface area contributed by atoms with Crippen molar-refractivity contribution < 1.29 is 23.4 Å². The molecule has 3 rings (SSSR count). The van der Waals surface area contributed by atoms with Crippen molar-refractivity contribution in [3.63, 3.8) is 0 Å². The average Bonchev–Trinajstić information content (AvgIpc) is 2.85. The van der Waals surface area contributed by atoms with Gasteiger partial charge >= 0.3 is 10.2 Å². The highest BCUT2D eigenvalue weighted by atomic mass is 32.2. The Morgan fingerprint density at radius 1 is 1.15 bits per heavy atom. The summed E-state index contributed by atoms with van der Waals surface area (Å²) in [7, 11) is -3.98. The number of phenolic OH excluding ortho intramolecular Hbond substituents is 1. The number of nitrogens with zero attached hydrogens (tertiary/aromatic N) is 1. The normalized spacial score (nSPS) is 16.7. The molecule has 3 N–H and O–H groups in total.